The minimum absolute atomic E-state index is 0.0389. The number of carbonyl (C=O) groups is 1. The second kappa shape index (κ2) is 7.99. The monoisotopic (exact) mass is 409 g/mol. The lowest BCUT2D eigenvalue weighted by Gasteiger charge is -2.07. The van der Waals surface area contributed by atoms with Gasteiger partial charge in [0.1, 0.15) is 29.2 Å². The molecule has 4 rings (SSSR count). The highest BCUT2D eigenvalue weighted by Crippen LogP contribution is 2.26. The number of benzene rings is 1. The van der Waals surface area contributed by atoms with Crippen molar-refractivity contribution in [1.82, 2.24) is 24.9 Å². The third-order valence-corrected chi connectivity index (χ3v) is 4.23. The molecule has 0 atom stereocenters. The maximum absolute atomic E-state index is 14.1. The molecule has 152 valence electrons. The molecule has 1 aromatic carbocycles. The van der Waals surface area contributed by atoms with Crippen molar-refractivity contribution in [2.24, 2.45) is 0 Å². The summed E-state index contributed by atoms with van der Waals surface area (Å²) < 4.78 is 25.2. The molecule has 0 saturated heterocycles. The first-order valence-electron chi connectivity index (χ1n) is 8.75. The van der Waals surface area contributed by atoms with E-state index in [0.717, 1.165) is 0 Å². The number of anilines is 2. The maximum Gasteiger partial charge on any atom is 0.411 e. The van der Waals surface area contributed by atoms with Crippen LogP contribution in [0.25, 0.3) is 22.9 Å². The van der Waals surface area contributed by atoms with Gasteiger partial charge < -0.3 is 15.0 Å². The van der Waals surface area contributed by atoms with E-state index in [2.05, 4.69) is 30.3 Å². The Balaban J connectivity index is 1.72. The van der Waals surface area contributed by atoms with Gasteiger partial charge in [0, 0.05) is 11.6 Å². The third kappa shape index (κ3) is 3.81. The van der Waals surface area contributed by atoms with Gasteiger partial charge >= 0.3 is 6.09 Å². The first kappa shape index (κ1) is 19.1. The summed E-state index contributed by atoms with van der Waals surface area (Å²) in [6.45, 7) is 0.159. The van der Waals surface area contributed by atoms with Gasteiger partial charge in [-0.2, -0.15) is 5.10 Å². The van der Waals surface area contributed by atoms with Crippen LogP contribution in [0.4, 0.5) is 20.7 Å². The number of nitrogens with zero attached hydrogens (tertiary/aromatic N) is 5. The van der Waals surface area contributed by atoms with Gasteiger partial charge in [-0.1, -0.05) is 23.4 Å². The molecule has 0 saturated carbocycles. The minimum atomic E-state index is -0.694. The van der Waals surface area contributed by atoms with Gasteiger partial charge in [-0.3, -0.25) is 10.00 Å². The largest absolute Gasteiger partial charge is 0.453 e. The summed E-state index contributed by atoms with van der Waals surface area (Å²) in [6, 6.07) is 9.78. The van der Waals surface area contributed by atoms with Crippen molar-refractivity contribution in [3.8, 4) is 22.9 Å². The zero-order valence-corrected chi connectivity index (χ0v) is 15.7. The summed E-state index contributed by atoms with van der Waals surface area (Å²) in [5.74, 6) is -0.0867. The molecule has 0 unspecified atom stereocenters. The number of hydrogen-bond donors (Lipinski definition) is 2. The second-order valence-corrected chi connectivity index (χ2v) is 6.16. The summed E-state index contributed by atoms with van der Waals surface area (Å²) in [5.41, 5.74) is 8.06. The Hall–Kier alpha value is -4.28. The highest BCUT2D eigenvalue weighted by atomic mass is 19.1. The van der Waals surface area contributed by atoms with Gasteiger partial charge in [0.25, 0.3) is 0 Å². The fraction of sp³-hybridized carbons (Fsp3) is 0.105. The summed E-state index contributed by atoms with van der Waals surface area (Å²) >= 11 is 0. The van der Waals surface area contributed by atoms with E-state index in [1.165, 1.54) is 25.6 Å². The van der Waals surface area contributed by atoms with Crippen LogP contribution < -0.4 is 11.1 Å². The lowest BCUT2D eigenvalue weighted by atomic mass is 10.2. The predicted molar refractivity (Wildman–Crippen MR) is 105 cm³/mol. The van der Waals surface area contributed by atoms with Crippen LogP contribution in [0.5, 0.6) is 0 Å². The van der Waals surface area contributed by atoms with Crippen molar-refractivity contribution in [2.75, 3.05) is 18.2 Å². The van der Waals surface area contributed by atoms with E-state index < -0.39 is 6.09 Å². The minimum Gasteiger partial charge on any atom is -0.453 e. The van der Waals surface area contributed by atoms with E-state index in [4.69, 9.17) is 10.3 Å². The number of halogens is 1. The number of nitrogens with one attached hydrogen (secondary N) is 1. The number of amides is 1. The molecule has 3 N–H and O–H groups in total. The highest BCUT2D eigenvalue weighted by Gasteiger charge is 2.18. The number of aromatic nitrogens is 5. The number of hydrogen-bond acceptors (Lipinski definition) is 8. The van der Waals surface area contributed by atoms with Crippen LogP contribution in [0.3, 0.4) is 0 Å². The van der Waals surface area contributed by atoms with E-state index in [1.807, 2.05) is 0 Å². The summed E-state index contributed by atoms with van der Waals surface area (Å²) in [6.07, 6.45) is 2.08. The van der Waals surface area contributed by atoms with Crippen molar-refractivity contribution in [3.05, 3.63) is 60.2 Å². The Kier molecular flexibility index (Phi) is 5.08. The lowest BCUT2D eigenvalue weighted by molar-refractivity contribution is 0.187. The summed E-state index contributed by atoms with van der Waals surface area (Å²) in [7, 11) is 1.23. The number of methoxy groups -OCH3 is 1. The molecule has 3 aromatic heterocycles. The molecule has 0 aliphatic carbocycles. The van der Waals surface area contributed by atoms with Gasteiger partial charge in [-0.15, -0.1) is 0 Å². The Morgan fingerprint density at radius 3 is 2.83 bits per heavy atom. The third-order valence-electron chi connectivity index (χ3n) is 4.23. The molecular weight excluding hydrogens is 393 g/mol. The first-order valence-corrected chi connectivity index (χ1v) is 8.75. The number of nitrogens with two attached hydrogens (primary N) is 1. The lowest BCUT2D eigenvalue weighted by Crippen LogP contribution is -2.13. The highest BCUT2D eigenvalue weighted by molar-refractivity contribution is 5.87. The topological polar surface area (TPSA) is 134 Å². The zero-order valence-electron chi connectivity index (χ0n) is 15.7. The van der Waals surface area contributed by atoms with Gasteiger partial charge in [-0.25, -0.2) is 19.2 Å². The number of ether oxygens (including phenoxy) is 1. The molecule has 11 heteroatoms. The smallest absolute Gasteiger partial charge is 0.411 e. The molecule has 10 nitrogen and oxygen atoms in total. The Labute approximate surface area is 169 Å². The van der Waals surface area contributed by atoms with E-state index >= 15 is 0 Å². The molecule has 1 amide bonds. The average molecular weight is 409 g/mol. The van der Waals surface area contributed by atoms with Gasteiger partial charge in [-0.05, 0) is 12.1 Å². The fourth-order valence-corrected chi connectivity index (χ4v) is 2.76. The Morgan fingerprint density at radius 1 is 1.30 bits per heavy atom. The molecule has 0 aliphatic heterocycles. The summed E-state index contributed by atoms with van der Waals surface area (Å²) in [4.78, 5) is 19.8. The molecule has 4 aromatic rings. The molecule has 0 fully saturated rings. The standard InChI is InChI=1S/C19H16FN7O3/c1-29-19(28)23-15-9-22-18(24-17(15)21)14-8-16(13-6-7-30-26-13)27(25-14)10-11-4-2-3-5-12(11)20/h2-9H,10H2,1H3,(H,23,28)(H2,21,22,24). The van der Waals surface area contributed by atoms with Crippen LogP contribution in [0, 0.1) is 5.82 Å². The van der Waals surface area contributed by atoms with Gasteiger partial charge in [0.15, 0.2) is 11.6 Å². The maximum atomic E-state index is 14.1. The normalized spacial score (nSPS) is 10.7. The van der Waals surface area contributed by atoms with Gasteiger partial charge in [0.2, 0.25) is 0 Å². The van der Waals surface area contributed by atoms with Crippen LogP contribution in [-0.4, -0.2) is 38.1 Å². The van der Waals surface area contributed by atoms with Crippen molar-refractivity contribution in [1.29, 1.82) is 0 Å². The average Bonchev–Trinajstić information content (AvgIpc) is 3.41. The first-order chi connectivity index (χ1) is 14.5. The molecular formula is C19H16FN7O3. The van der Waals surface area contributed by atoms with Crippen molar-refractivity contribution in [3.63, 3.8) is 0 Å². The second-order valence-electron chi connectivity index (χ2n) is 6.16. The van der Waals surface area contributed by atoms with Gasteiger partial charge in [0.05, 0.1) is 25.5 Å². The molecule has 0 radical (unpaired) electrons. The number of carbonyl (C=O) groups excluding carboxylic acids is 1. The summed E-state index contributed by atoms with van der Waals surface area (Å²) in [5, 5.41) is 10.8. The van der Waals surface area contributed by atoms with Crippen molar-refractivity contribution >= 4 is 17.6 Å². The Morgan fingerprint density at radius 2 is 2.13 bits per heavy atom. The quantitative estimate of drug-likeness (QED) is 0.514. The fourth-order valence-electron chi connectivity index (χ4n) is 2.76. The van der Waals surface area contributed by atoms with E-state index in [9.17, 15) is 9.18 Å². The van der Waals surface area contributed by atoms with E-state index in [-0.39, 0.29) is 29.7 Å². The van der Waals surface area contributed by atoms with Crippen molar-refractivity contribution in [2.45, 2.75) is 6.54 Å². The SMILES string of the molecule is COC(=O)Nc1cnc(-c2cc(-c3ccon3)n(Cc3ccccc3F)n2)nc1N. The Bertz CT molecular complexity index is 1190. The van der Waals surface area contributed by atoms with Crippen LogP contribution in [0.15, 0.2) is 53.4 Å². The molecule has 0 spiro atoms. The molecule has 3 heterocycles. The van der Waals surface area contributed by atoms with Crippen LogP contribution in [-0.2, 0) is 11.3 Å². The van der Waals surface area contributed by atoms with Crippen LogP contribution in [0.2, 0.25) is 0 Å². The molecule has 30 heavy (non-hydrogen) atoms. The number of rotatable bonds is 5. The van der Waals surface area contributed by atoms with Crippen LogP contribution >= 0.6 is 0 Å². The molecule has 0 aliphatic rings. The predicted octanol–water partition coefficient (Wildman–Crippen LogP) is 2.94. The zero-order chi connectivity index (χ0) is 21.1. The number of nitrogen functional groups attached to an aromatic ring is 1. The van der Waals surface area contributed by atoms with Crippen LogP contribution in [0.1, 0.15) is 5.56 Å². The van der Waals surface area contributed by atoms with E-state index in [0.29, 0.717) is 22.6 Å². The molecule has 0 bridgehead atoms. The van der Waals surface area contributed by atoms with Crippen molar-refractivity contribution < 1.29 is 18.4 Å². The van der Waals surface area contributed by atoms with E-state index in [1.54, 1.807) is 35.0 Å².